The molecule has 0 radical (unpaired) electrons. The Morgan fingerprint density at radius 3 is 2.37 bits per heavy atom. The van der Waals surface area contributed by atoms with Crippen LogP contribution in [0.3, 0.4) is 0 Å². The van der Waals surface area contributed by atoms with Crippen LogP contribution in [0.15, 0.2) is 18.2 Å². The van der Waals surface area contributed by atoms with Crippen molar-refractivity contribution in [3.63, 3.8) is 0 Å². The zero-order valence-electron chi connectivity index (χ0n) is 15.9. The normalized spacial score (nSPS) is 21.9. The fourth-order valence-corrected chi connectivity index (χ4v) is 4.77. The topological polar surface area (TPSA) is 86.8 Å². The molecule has 1 atom stereocenters. The van der Waals surface area contributed by atoms with Crippen LogP contribution in [-0.4, -0.2) is 67.3 Å². The van der Waals surface area contributed by atoms with Gasteiger partial charge in [0.25, 0.3) is 0 Å². The van der Waals surface area contributed by atoms with Gasteiger partial charge in [0, 0.05) is 25.3 Å². The number of nitrogens with zero attached hydrogens (tertiary/aromatic N) is 2. The summed E-state index contributed by atoms with van der Waals surface area (Å²) in [6, 6.07) is 0.769. The Hall–Kier alpha value is -2.37. The van der Waals surface area contributed by atoms with Crippen molar-refractivity contribution in [1.29, 1.82) is 0 Å². The third-order valence-corrected chi connectivity index (χ3v) is 6.81. The zero-order chi connectivity index (χ0) is 22.1. The smallest absolute Gasteiger partial charge is 0.324 e. The minimum atomic E-state index is -4.91. The van der Waals surface area contributed by atoms with Crippen molar-refractivity contribution >= 4 is 27.5 Å². The second kappa shape index (κ2) is 8.40. The van der Waals surface area contributed by atoms with E-state index in [1.165, 1.54) is 9.80 Å². The second-order valence-corrected chi connectivity index (χ2v) is 9.61. The molecule has 0 saturated carbocycles. The molecular weight excluding hydrogens is 430 g/mol. The molecule has 2 aliphatic rings. The Morgan fingerprint density at radius 2 is 1.73 bits per heavy atom. The van der Waals surface area contributed by atoms with Gasteiger partial charge in [0.05, 0.1) is 17.1 Å². The number of nitrogens with one attached hydrogen (secondary N) is 1. The van der Waals surface area contributed by atoms with Gasteiger partial charge in [0.15, 0.2) is 9.84 Å². The molecule has 1 aromatic rings. The van der Waals surface area contributed by atoms with Gasteiger partial charge in [-0.1, -0.05) is 0 Å². The van der Waals surface area contributed by atoms with E-state index >= 15 is 0 Å². The number of amides is 3. The van der Waals surface area contributed by atoms with Crippen molar-refractivity contribution in [2.45, 2.75) is 31.5 Å². The van der Waals surface area contributed by atoms with Gasteiger partial charge in [0.1, 0.15) is 11.9 Å². The van der Waals surface area contributed by atoms with Crippen LogP contribution >= 0.6 is 0 Å². The molecule has 7 nitrogen and oxygen atoms in total. The van der Waals surface area contributed by atoms with Crippen LogP contribution in [0.2, 0.25) is 0 Å². The highest BCUT2D eigenvalue weighted by molar-refractivity contribution is 7.91. The van der Waals surface area contributed by atoms with Crippen LogP contribution in [0.5, 0.6) is 0 Å². The van der Waals surface area contributed by atoms with Gasteiger partial charge >= 0.3 is 12.2 Å². The van der Waals surface area contributed by atoms with Gasteiger partial charge in [0.2, 0.25) is 5.91 Å². The maximum absolute atomic E-state index is 13.5. The van der Waals surface area contributed by atoms with E-state index in [2.05, 4.69) is 5.32 Å². The van der Waals surface area contributed by atoms with Crippen molar-refractivity contribution in [3.05, 3.63) is 29.6 Å². The van der Waals surface area contributed by atoms with Crippen molar-refractivity contribution in [3.8, 4) is 0 Å². The predicted octanol–water partition coefficient (Wildman–Crippen LogP) is 2.49. The fraction of sp³-hybridized carbons (Fsp3) is 0.556. The lowest BCUT2D eigenvalue weighted by Crippen LogP contribution is -2.56. The lowest BCUT2D eigenvalue weighted by Gasteiger charge is -2.39. The SMILES string of the molecule is O=C(Nc1ccc(F)c(C(F)(F)F)c1)C1CCCCN1C(=O)N1CCS(=O)(=O)CC1. The molecule has 2 fully saturated rings. The zero-order valence-corrected chi connectivity index (χ0v) is 16.7. The highest BCUT2D eigenvalue weighted by Gasteiger charge is 2.37. The Labute approximate surface area is 170 Å². The molecule has 3 amide bonds. The number of hydrogen-bond donors (Lipinski definition) is 1. The first-order valence-electron chi connectivity index (χ1n) is 9.41. The Kier molecular flexibility index (Phi) is 6.25. The van der Waals surface area contributed by atoms with Crippen LogP contribution in [0.4, 0.5) is 28.0 Å². The molecule has 0 bridgehead atoms. The molecule has 2 saturated heterocycles. The number of sulfone groups is 1. The third kappa shape index (κ3) is 5.02. The van der Waals surface area contributed by atoms with Gasteiger partial charge in [-0.25, -0.2) is 17.6 Å². The van der Waals surface area contributed by atoms with Crippen LogP contribution in [0.25, 0.3) is 0 Å². The molecule has 0 aromatic heterocycles. The summed E-state index contributed by atoms with van der Waals surface area (Å²) in [5.74, 6) is -2.43. The standard InChI is InChI=1S/C18H21F4N3O4S/c19-14-5-4-12(11-13(14)18(20,21)22)23-16(26)15-3-1-2-6-25(15)17(27)24-7-9-30(28,29)10-8-24/h4-5,11,15H,1-3,6-10H2,(H,23,26). The fourth-order valence-electron chi connectivity index (χ4n) is 3.56. The number of carbonyl (C=O) groups is 2. The van der Waals surface area contributed by atoms with E-state index in [1.807, 2.05) is 0 Å². The number of benzene rings is 1. The summed E-state index contributed by atoms with van der Waals surface area (Å²) in [5.41, 5.74) is -1.72. The summed E-state index contributed by atoms with van der Waals surface area (Å²) in [7, 11) is -3.18. The summed E-state index contributed by atoms with van der Waals surface area (Å²) in [6.45, 7) is 0.329. The summed E-state index contributed by atoms with van der Waals surface area (Å²) in [6.07, 6.45) is -3.30. The van der Waals surface area contributed by atoms with E-state index in [9.17, 15) is 35.6 Å². The number of carbonyl (C=O) groups excluding carboxylic acids is 2. The van der Waals surface area contributed by atoms with Gasteiger partial charge in [-0.05, 0) is 37.5 Å². The van der Waals surface area contributed by atoms with E-state index in [4.69, 9.17) is 0 Å². The summed E-state index contributed by atoms with van der Waals surface area (Å²) in [4.78, 5) is 28.3. The lowest BCUT2D eigenvalue weighted by atomic mass is 10.0. The monoisotopic (exact) mass is 451 g/mol. The maximum atomic E-state index is 13.5. The number of anilines is 1. The molecule has 3 rings (SSSR count). The highest BCUT2D eigenvalue weighted by Crippen LogP contribution is 2.33. The summed E-state index contributed by atoms with van der Waals surface area (Å²) in [5, 5.41) is 2.34. The van der Waals surface area contributed by atoms with E-state index < -0.39 is 45.4 Å². The van der Waals surface area contributed by atoms with Crippen LogP contribution in [0, 0.1) is 5.82 Å². The molecule has 166 valence electrons. The van der Waals surface area contributed by atoms with E-state index in [-0.39, 0.29) is 36.8 Å². The second-order valence-electron chi connectivity index (χ2n) is 7.31. The first-order chi connectivity index (χ1) is 14.0. The molecule has 1 unspecified atom stereocenters. The average molecular weight is 451 g/mol. The number of rotatable bonds is 2. The summed E-state index contributed by atoms with van der Waals surface area (Å²) < 4.78 is 75.3. The van der Waals surface area contributed by atoms with E-state index in [1.54, 1.807) is 0 Å². The highest BCUT2D eigenvalue weighted by atomic mass is 32.2. The minimum Gasteiger partial charge on any atom is -0.324 e. The average Bonchev–Trinajstić information content (AvgIpc) is 2.68. The van der Waals surface area contributed by atoms with Crippen LogP contribution in [-0.2, 0) is 20.8 Å². The van der Waals surface area contributed by atoms with Crippen molar-refractivity contribution in [1.82, 2.24) is 9.80 Å². The van der Waals surface area contributed by atoms with Gasteiger partial charge in [-0.15, -0.1) is 0 Å². The number of urea groups is 1. The maximum Gasteiger partial charge on any atom is 0.419 e. The third-order valence-electron chi connectivity index (χ3n) is 5.21. The van der Waals surface area contributed by atoms with Gasteiger partial charge in [-0.2, -0.15) is 13.2 Å². The Balaban J connectivity index is 1.73. The number of halogens is 4. The molecule has 1 aromatic carbocycles. The van der Waals surface area contributed by atoms with Crippen LogP contribution < -0.4 is 5.32 Å². The number of hydrogen-bond acceptors (Lipinski definition) is 4. The van der Waals surface area contributed by atoms with Crippen molar-refractivity contribution < 1.29 is 35.6 Å². The first-order valence-corrected chi connectivity index (χ1v) is 11.2. The van der Waals surface area contributed by atoms with Gasteiger partial charge in [-0.3, -0.25) is 4.79 Å². The number of alkyl halides is 3. The quantitative estimate of drug-likeness (QED) is 0.700. The van der Waals surface area contributed by atoms with E-state index in [0.29, 0.717) is 31.4 Å². The molecule has 0 spiro atoms. The first kappa shape index (κ1) is 22.3. The van der Waals surface area contributed by atoms with Crippen LogP contribution in [0.1, 0.15) is 24.8 Å². The predicted molar refractivity (Wildman–Crippen MR) is 100.0 cm³/mol. The molecule has 0 aliphatic carbocycles. The van der Waals surface area contributed by atoms with E-state index in [0.717, 1.165) is 6.07 Å². The molecule has 30 heavy (non-hydrogen) atoms. The summed E-state index contributed by atoms with van der Waals surface area (Å²) >= 11 is 0. The number of likely N-dealkylation sites (tertiary alicyclic amines) is 1. The lowest BCUT2D eigenvalue weighted by molar-refractivity contribution is -0.140. The molecule has 2 aliphatic heterocycles. The minimum absolute atomic E-state index is 0.0267. The Bertz CT molecular complexity index is 922. The Morgan fingerprint density at radius 1 is 1.07 bits per heavy atom. The molecule has 12 heteroatoms. The van der Waals surface area contributed by atoms with Crippen molar-refractivity contribution in [2.24, 2.45) is 0 Å². The largest absolute Gasteiger partial charge is 0.419 e. The molecule has 2 heterocycles. The number of piperidine rings is 1. The molecular formula is C18H21F4N3O4S. The van der Waals surface area contributed by atoms with Gasteiger partial charge < -0.3 is 15.1 Å². The van der Waals surface area contributed by atoms with Crippen molar-refractivity contribution in [2.75, 3.05) is 36.5 Å². The molecule has 1 N–H and O–H groups in total.